The third-order valence-corrected chi connectivity index (χ3v) is 1.84. The maximum Gasteiger partial charge on any atom is 0.364 e. The van der Waals surface area contributed by atoms with Crippen LogP contribution in [-0.4, -0.2) is 28.7 Å². The summed E-state index contributed by atoms with van der Waals surface area (Å²) < 4.78 is 9.82. The highest BCUT2D eigenvalue weighted by molar-refractivity contribution is 5.35. The highest BCUT2D eigenvalue weighted by atomic mass is 16.6. The van der Waals surface area contributed by atoms with Crippen molar-refractivity contribution in [1.29, 1.82) is 0 Å². The molecule has 1 aromatic rings. The van der Waals surface area contributed by atoms with Crippen LogP contribution in [0.25, 0.3) is 0 Å². The average Bonchev–Trinajstić information content (AvgIpc) is 2.28. The van der Waals surface area contributed by atoms with E-state index in [1.807, 2.05) is 0 Å². The Morgan fingerprint density at radius 2 is 2.31 bits per heavy atom. The van der Waals surface area contributed by atoms with E-state index in [0.717, 1.165) is 0 Å². The first-order chi connectivity index (χ1) is 7.60. The highest BCUT2D eigenvalue weighted by Crippen LogP contribution is 2.26. The predicted molar refractivity (Wildman–Crippen MR) is 54.0 cm³/mol. The number of methoxy groups -OCH3 is 1. The van der Waals surface area contributed by atoms with E-state index in [-0.39, 0.29) is 23.9 Å². The van der Waals surface area contributed by atoms with E-state index in [1.54, 1.807) is 6.92 Å². The molecule has 0 saturated heterocycles. The molecule has 1 N–H and O–H groups in total. The summed E-state index contributed by atoms with van der Waals surface area (Å²) in [5.41, 5.74) is -0.00134. The molecule has 0 spiro atoms. The Morgan fingerprint density at radius 3 is 2.81 bits per heavy atom. The van der Waals surface area contributed by atoms with E-state index in [9.17, 15) is 15.2 Å². The Hall–Kier alpha value is -1.73. The molecule has 1 unspecified atom stereocenters. The molecule has 0 radical (unpaired) electrons. The number of ether oxygens (including phenoxy) is 2. The van der Waals surface area contributed by atoms with Crippen molar-refractivity contribution in [2.75, 3.05) is 13.7 Å². The molecule has 1 aromatic heterocycles. The van der Waals surface area contributed by atoms with Gasteiger partial charge in [-0.2, -0.15) is 0 Å². The van der Waals surface area contributed by atoms with Crippen molar-refractivity contribution >= 4 is 5.82 Å². The number of nitrogens with zero attached hydrogens (tertiary/aromatic N) is 2. The van der Waals surface area contributed by atoms with Crippen LogP contribution in [-0.2, 0) is 4.74 Å². The fraction of sp³-hybridized carbons (Fsp3) is 0.444. The zero-order chi connectivity index (χ0) is 12.1. The number of pyridine rings is 1. The molecule has 1 atom stereocenters. The SMILES string of the molecule is CCOC(O)c1nc([N+](=O)[O-])ccc1OC. The van der Waals surface area contributed by atoms with Crippen molar-refractivity contribution in [2.45, 2.75) is 13.2 Å². The topological polar surface area (TPSA) is 94.7 Å². The van der Waals surface area contributed by atoms with E-state index in [0.29, 0.717) is 0 Å². The number of aliphatic hydroxyl groups excluding tert-OH is 1. The second-order valence-corrected chi connectivity index (χ2v) is 2.82. The molecule has 0 aromatic carbocycles. The quantitative estimate of drug-likeness (QED) is 0.459. The number of hydrogen-bond donors (Lipinski definition) is 1. The lowest BCUT2D eigenvalue weighted by Crippen LogP contribution is -2.08. The first kappa shape index (κ1) is 12.3. The third-order valence-electron chi connectivity index (χ3n) is 1.84. The van der Waals surface area contributed by atoms with Crippen molar-refractivity contribution in [1.82, 2.24) is 4.98 Å². The summed E-state index contributed by atoms with van der Waals surface area (Å²) in [5, 5.41) is 20.1. The molecule has 0 aliphatic carbocycles. The molecular formula is C9H12N2O5. The number of aliphatic hydroxyl groups is 1. The first-order valence-electron chi connectivity index (χ1n) is 4.59. The molecule has 7 heteroatoms. The van der Waals surface area contributed by atoms with Gasteiger partial charge in [0.15, 0.2) is 5.75 Å². The molecule has 0 amide bonds. The molecule has 1 rings (SSSR count). The second-order valence-electron chi connectivity index (χ2n) is 2.82. The van der Waals surface area contributed by atoms with Crippen LogP contribution >= 0.6 is 0 Å². The van der Waals surface area contributed by atoms with Gasteiger partial charge in [0, 0.05) is 12.7 Å². The molecule has 1 heterocycles. The van der Waals surface area contributed by atoms with E-state index in [4.69, 9.17) is 9.47 Å². The number of hydrogen-bond acceptors (Lipinski definition) is 6. The molecule has 88 valence electrons. The second kappa shape index (κ2) is 5.38. The van der Waals surface area contributed by atoms with Gasteiger partial charge < -0.3 is 24.7 Å². The fourth-order valence-electron chi connectivity index (χ4n) is 1.14. The van der Waals surface area contributed by atoms with Gasteiger partial charge in [0.05, 0.1) is 7.11 Å². The van der Waals surface area contributed by atoms with E-state index >= 15 is 0 Å². The van der Waals surface area contributed by atoms with Gasteiger partial charge in [0.1, 0.15) is 0 Å². The third kappa shape index (κ3) is 2.65. The van der Waals surface area contributed by atoms with Gasteiger partial charge >= 0.3 is 5.82 Å². The molecule has 16 heavy (non-hydrogen) atoms. The average molecular weight is 228 g/mol. The van der Waals surface area contributed by atoms with Crippen molar-refractivity contribution in [3.63, 3.8) is 0 Å². The minimum atomic E-state index is -1.33. The maximum atomic E-state index is 10.5. The predicted octanol–water partition coefficient (Wildman–Crippen LogP) is 1.03. The molecule has 0 saturated carbocycles. The summed E-state index contributed by atoms with van der Waals surface area (Å²) in [4.78, 5) is 13.5. The molecule has 0 aliphatic rings. The van der Waals surface area contributed by atoms with Crippen molar-refractivity contribution < 1.29 is 19.5 Å². The smallest absolute Gasteiger partial charge is 0.364 e. The normalized spacial score (nSPS) is 12.2. The molecular weight excluding hydrogens is 216 g/mol. The molecule has 0 fully saturated rings. The standard InChI is InChI=1S/C9H12N2O5/c1-3-16-9(12)8-6(15-2)4-5-7(10-8)11(13)14/h4-5,9,12H,3H2,1-2H3. The number of aromatic nitrogens is 1. The Kier molecular flexibility index (Phi) is 4.15. The van der Waals surface area contributed by atoms with Crippen LogP contribution in [0.2, 0.25) is 0 Å². The van der Waals surface area contributed by atoms with Gasteiger partial charge in [-0.25, -0.2) is 0 Å². The minimum Gasteiger partial charge on any atom is -0.492 e. The van der Waals surface area contributed by atoms with Crippen molar-refractivity contribution in [3.8, 4) is 5.75 Å². The van der Waals surface area contributed by atoms with Crippen LogP contribution in [0.4, 0.5) is 5.82 Å². The van der Waals surface area contributed by atoms with Crippen molar-refractivity contribution in [3.05, 3.63) is 27.9 Å². The first-order valence-corrected chi connectivity index (χ1v) is 4.59. The fourth-order valence-corrected chi connectivity index (χ4v) is 1.14. The number of rotatable bonds is 5. The van der Waals surface area contributed by atoms with Crippen LogP contribution in [0.5, 0.6) is 5.75 Å². The largest absolute Gasteiger partial charge is 0.492 e. The zero-order valence-corrected chi connectivity index (χ0v) is 8.91. The Labute approximate surface area is 91.8 Å². The summed E-state index contributed by atoms with van der Waals surface area (Å²) >= 11 is 0. The Bertz CT molecular complexity index is 382. The van der Waals surface area contributed by atoms with E-state index in [2.05, 4.69) is 4.98 Å². The lowest BCUT2D eigenvalue weighted by molar-refractivity contribution is -0.389. The van der Waals surface area contributed by atoms with Crippen LogP contribution in [0.1, 0.15) is 18.9 Å². The van der Waals surface area contributed by atoms with Gasteiger partial charge in [-0.05, 0) is 22.9 Å². The van der Waals surface area contributed by atoms with Crippen LogP contribution < -0.4 is 4.74 Å². The number of nitro groups is 1. The van der Waals surface area contributed by atoms with Crippen LogP contribution in [0, 0.1) is 10.1 Å². The summed E-state index contributed by atoms with van der Waals surface area (Å²) in [5.74, 6) is -0.124. The summed E-state index contributed by atoms with van der Waals surface area (Å²) in [6.45, 7) is 1.95. The van der Waals surface area contributed by atoms with Crippen LogP contribution in [0.15, 0.2) is 12.1 Å². The summed E-state index contributed by atoms with van der Waals surface area (Å²) in [6, 6.07) is 2.56. The Balaban J connectivity index is 3.11. The highest BCUT2D eigenvalue weighted by Gasteiger charge is 2.23. The molecule has 0 bridgehead atoms. The van der Waals surface area contributed by atoms with Crippen LogP contribution in [0.3, 0.4) is 0 Å². The maximum absolute atomic E-state index is 10.5. The van der Waals surface area contributed by atoms with Gasteiger partial charge in [0.25, 0.3) is 0 Å². The van der Waals surface area contributed by atoms with Gasteiger partial charge in [-0.3, -0.25) is 0 Å². The van der Waals surface area contributed by atoms with E-state index in [1.165, 1.54) is 19.2 Å². The minimum absolute atomic E-state index is 0.00134. The summed E-state index contributed by atoms with van der Waals surface area (Å²) in [6.07, 6.45) is -1.33. The lowest BCUT2D eigenvalue weighted by atomic mass is 10.3. The zero-order valence-electron chi connectivity index (χ0n) is 8.91. The molecule has 0 aliphatic heterocycles. The molecule has 7 nitrogen and oxygen atoms in total. The van der Waals surface area contributed by atoms with Gasteiger partial charge in [-0.15, -0.1) is 0 Å². The van der Waals surface area contributed by atoms with Gasteiger partial charge in [0.2, 0.25) is 12.0 Å². The van der Waals surface area contributed by atoms with Crippen molar-refractivity contribution in [2.24, 2.45) is 0 Å². The van der Waals surface area contributed by atoms with E-state index < -0.39 is 11.2 Å². The summed E-state index contributed by atoms with van der Waals surface area (Å²) in [7, 11) is 1.38. The monoisotopic (exact) mass is 228 g/mol. The van der Waals surface area contributed by atoms with Gasteiger partial charge in [-0.1, -0.05) is 0 Å². The lowest BCUT2D eigenvalue weighted by Gasteiger charge is -2.09. The Morgan fingerprint density at radius 1 is 1.62 bits per heavy atom.